The predicted molar refractivity (Wildman–Crippen MR) is 48.5 cm³/mol. The molecule has 0 aliphatic rings. The second kappa shape index (κ2) is 4.31. The Hall–Kier alpha value is -1.76. The van der Waals surface area contributed by atoms with Gasteiger partial charge in [0.1, 0.15) is 11.8 Å². The Kier molecular flexibility index (Phi) is 3.73. The minimum absolute atomic E-state index is 0.0223. The minimum atomic E-state index is -0.357. The van der Waals surface area contributed by atoms with E-state index in [-0.39, 0.29) is 22.8 Å². The summed E-state index contributed by atoms with van der Waals surface area (Å²) in [5.41, 5.74) is 5.81. The van der Waals surface area contributed by atoms with Crippen LogP contribution in [0.15, 0.2) is 22.6 Å². The second-order valence-electron chi connectivity index (χ2n) is 2.67. The zero-order chi connectivity index (χ0) is 10.6. The van der Waals surface area contributed by atoms with E-state index in [9.17, 15) is 4.79 Å². The fourth-order valence-electron chi connectivity index (χ4n) is 0.833. The third kappa shape index (κ3) is 2.64. The van der Waals surface area contributed by atoms with E-state index in [0.29, 0.717) is 5.57 Å². The summed E-state index contributed by atoms with van der Waals surface area (Å²) in [6.45, 7) is 4.20. The smallest absolute Gasteiger partial charge is 0.170 e. The van der Waals surface area contributed by atoms with Crippen LogP contribution < -0.4 is 5.73 Å². The Balaban J connectivity index is 5.38. The molecule has 13 heavy (non-hydrogen) atoms. The van der Waals surface area contributed by atoms with Gasteiger partial charge < -0.3 is 10.8 Å². The number of nitrogens with zero attached hydrogens (tertiary/aromatic N) is 1. The number of aliphatic hydroxyl groups excluding tert-OH is 1. The number of carbonyl (C=O) groups is 1. The molecule has 0 spiro atoms. The van der Waals surface area contributed by atoms with E-state index in [1.54, 1.807) is 6.07 Å². The van der Waals surface area contributed by atoms with E-state index in [4.69, 9.17) is 16.1 Å². The normalized spacial score (nSPS) is 14.0. The fourth-order valence-corrected chi connectivity index (χ4v) is 0.833. The number of Topliss-reactive ketones (excluding diaryl/α,β-unsaturated/α-hetero) is 1. The zero-order valence-electron chi connectivity index (χ0n) is 7.88. The SMILES string of the molecule is CC(=O)/C(C#N)=C(C)\C(N)=C(/C)O. The average molecular weight is 180 g/mol. The highest BCUT2D eigenvalue weighted by molar-refractivity contribution is 5.98. The molecule has 4 heteroatoms. The molecular formula is C9H12N2O2. The first-order chi connectivity index (χ1) is 5.91. The Morgan fingerprint density at radius 1 is 1.38 bits per heavy atom. The predicted octanol–water partition coefficient (Wildman–Crippen LogP) is 1.16. The summed E-state index contributed by atoms with van der Waals surface area (Å²) in [5.74, 6) is -0.448. The van der Waals surface area contributed by atoms with Crippen molar-refractivity contribution in [1.82, 2.24) is 0 Å². The van der Waals surface area contributed by atoms with Crippen molar-refractivity contribution < 1.29 is 9.90 Å². The molecule has 4 nitrogen and oxygen atoms in total. The molecule has 0 fully saturated rings. The largest absolute Gasteiger partial charge is 0.510 e. The quantitative estimate of drug-likeness (QED) is 0.289. The summed E-state index contributed by atoms with van der Waals surface area (Å²) in [6.07, 6.45) is 0. The Labute approximate surface area is 77.0 Å². The van der Waals surface area contributed by atoms with Crippen molar-refractivity contribution in [2.75, 3.05) is 0 Å². The molecule has 0 aliphatic carbocycles. The van der Waals surface area contributed by atoms with E-state index in [1.165, 1.54) is 20.8 Å². The van der Waals surface area contributed by atoms with Crippen molar-refractivity contribution in [1.29, 1.82) is 5.26 Å². The molecule has 0 unspecified atom stereocenters. The number of allylic oxidation sites excluding steroid dienone is 3. The number of rotatable bonds is 2. The van der Waals surface area contributed by atoms with Crippen LogP contribution in [0.4, 0.5) is 0 Å². The summed E-state index contributed by atoms with van der Waals surface area (Å²) in [5, 5.41) is 17.6. The lowest BCUT2D eigenvalue weighted by molar-refractivity contribution is -0.113. The van der Waals surface area contributed by atoms with Gasteiger partial charge in [0.15, 0.2) is 5.78 Å². The van der Waals surface area contributed by atoms with Gasteiger partial charge in [0.05, 0.1) is 11.3 Å². The first kappa shape index (κ1) is 11.2. The zero-order valence-corrected chi connectivity index (χ0v) is 7.88. The van der Waals surface area contributed by atoms with Crippen LogP contribution in [0.5, 0.6) is 0 Å². The molecule has 0 bridgehead atoms. The number of hydrogen-bond donors (Lipinski definition) is 2. The maximum atomic E-state index is 10.9. The summed E-state index contributed by atoms with van der Waals surface area (Å²) >= 11 is 0. The Bertz CT molecular complexity index is 328. The van der Waals surface area contributed by atoms with Crippen LogP contribution in [0.3, 0.4) is 0 Å². The third-order valence-corrected chi connectivity index (χ3v) is 1.63. The molecule has 0 saturated heterocycles. The lowest BCUT2D eigenvalue weighted by atomic mass is 10.0. The number of aliphatic hydroxyl groups is 1. The molecule has 0 heterocycles. The highest BCUT2D eigenvalue weighted by atomic mass is 16.3. The van der Waals surface area contributed by atoms with Gasteiger partial charge in [-0.25, -0.2) is 0 Å². The van der Waals surface area contributed by atoms with Crippen LogP contribution >= 0.6 is 0 Å². The summed E-state index contributed by atoms with van der Waals surface area (Å²) in [6, 6.07) is 1.74. The highest BCUT2D eigenvalue weighted by Gasteiger charge is 2.10. The lowest BCUT2D eigenvalue weighted by Crippen LogP contribution is -2.07. The first-order valence-electron chi connectivity index (χ1n) is 3.69. The Morgan fingerprint density at radius 2 is 1.85 bits per heavy atom. The van der Waals surface area contributed by atoms with Crippen molar-refractivity contribution in [3.8, 4) is 6.07 Å². The van der Waals surface area contributed by atoms with Crippen LogP contribution in [0, 0.1) is 11.3 Å². The molecule has 0 rings (SSSR count). The van der Waals surface area contributed by atoms with Crippen LogP contribution in [0.25, 0.3) is 0 Å². The molecule has 0 atom stereocenters. The highest BCUT2D eigenvalue weighted by Crippen LogP contribution is 2.12. The van der Waals surface area contributed by atoms with Crippen LogP contribution in [-0.2, 0) is 4.79 Å². The van der Waals surface area contributed by atoms with Gasteiger partial charge in [0, 0.05) is 0 Å². The molecule has 0 radical (unpaired) electrons. The van der Waals surface area contributed by atoms with Gasteiger partial charge in [-0.15, -0.1) is 0 Å². The average Bonchev–Trinajstić information content (AvgIpc) is 2.03. The lowest BCUT2D eigenvalue weighted by Gasteiger charge is -2.04. The summed E-state index contributed by atoms with van der Waals surface area (Å²) in [4.78, 5) is 10.9. The molecule has 0 amide bonds. The van der Waals surface area contributed by atoms with Crippen molar-refractivity contribution in [2.45, 2.75) is 20.8 Å². The van der Waals surface area contributed by atoms with Gasteiger partial charge in [0.2, 0.25) is 0 Å². The minimum Gasteiger partial charge on any atom is -0.510 e. The topological polar surface area (TPSA) is 87.1 Å². The second-order valence-corrected chi connectivity index (χ2v) is 2.67. The first-order valence-corrected chi connectivity index (χ1v) is 3.69. The fraction of sp³-hybridized carbons (Fsp3) is 0.333. The van der Waals surface area contributed by atoms with E-state index in [2.05, 4.69) is 0 Å². The molecule has 70 valence electrons. The van der Waals surface area contributed by atoms with Crippen LogP contribution in [0.2, 0.25) is 0 Å². The third-order valence-electron chi connectivity index (χ3n) is 1.63. The standard InChI is InChI=1S/C9H12N2O2/c1-5(9(11)7(3)13)8(4-10)6(2)12/h13H,11H2,1-3H3/b8-5-,9-7-. The van der Waals surface area contributed by atoms with Gasteiger partial charge in [0.25, 0.3) is 0 Å². The summed E-state index contributed by atoms with van der Waals surface area (Å²) in [7, 11) is 0. The number of carbonyl (C=O) groups excluding carboxylic acids is 1. The van der Waals surface area contributed by atoms with Gasteiger partial charge in [-0.3, -0.25) is 4.79 Å². The molecule has 0 aromatic rings. The maximum absolute atomic E-state index is 10.9. The van der Waals surface area contributed by atoms with Crippen LogP contribution in [-0.4, -0.2) is 10.9 Å². The van der Waals surface area contributed by atoms with Gasteiger partial charge in [-0.1, -0.05) is 0 Å². The van der Waals surface area contributed by atoms with Gasteiger partial charge >= 0.3 is 0 Å². The number of nitriles is 1. The molecule has 0 aliphatic heterocycles. The van der Waals surface area contributed by atoms with Crippen molar-refractivity contribution >= 4 is 5.78 Å². The van der Waals surface area contributed by atoms with Crippen molar-refractivity contribution in [3.63, 3.8) is 0 Å². The molecular weight excluding hydrogens is 168 g/mol. The molecule has 0 aromatic heterocycles. The Morgan fingerprint density at radius 3 is 2.08 bits per heavy atom. The number of nitrogens with two attached hydrogens (primary N) is 1. The van der Waals surface area contributed by atoms with E-state index >= 15 is 0 Å². The van der Waals surface area contributed by atoms with Gasteiger partial charge in [-0.2, -0.15) is 5.26 Å². The number of hydrogen-bond acceptors (Lipinski definition) is 4. The van der Waals surface area contributed by atoms with E-state index < -0.39 is 0 Å². The van der Waals surface area contributed by atoms with Gasteiger partial charge in [-0.05, 0) is 26.3 Å². The van der Waals surface area contributed by atoms with Crippen molar-refractivity contribution in [3.05, 3.63) is 22.6 Å². The van der Waals surface area contributed by atoms with Crippen LogP contribution in [0.1, 0.15) is 20.8 Å². The maximum Gasteiger partial charge on any atom is 0.170 e. The van der Waals surface area contributed by atoms with E-state index in [0.717, 1.165) is 0 Å². The summed E-state index contributed by atoms with van der Waals surface area (Å²) < 4.78 is 0. The number of ketones is 1. The molecule has 0 saturated carbocycles. The van der Waals surface area contributed by atoms with E-state index in [1.807, 2.05) is 0 Å². The molecule has 3 N–H and O–H groups in total. The van der Waals surface area contributed by atoms with Crippen molar-refractivity contribution in [2.24, 2.45) is 5.73 Å². The molecule has 0 aromatic carbocycles. The monoisotopic (exact) mass is 180 g/mol.